The first-order valence-electron chi connectivity index (χ1n) is 9.19. The normalized spacial score (nSPS) is 15.2. The van der Waals surface area contributed by atoms with Crippen molar-refractivity contribution in [2.45, 2.75) is 26.2 Å². The fourth-order valence-electron chi connectivity index (χ4n) is 3.32. The molecule has 1 aliphatic heterocycles. The Labute approximate surface area is 154 Å². The van der Waals surface area contributed by atoms with Crippen LogP contribution in [0, 0.1) is 6.92 Å². The Morgan fingerprint density at radius 1 is 1.23 bits per heavy atom. The third kappa shape index (κ3) is 5.08. The number of hydrogen-bond donors (Lipinski definition) is 0. The number of methoxy groups -OCH3 is 1. The Balaban J connectivity index is 1.37. The van der Waals surface area contributed by atoms with Crippen LogP contribution >= 0.6 is 0 Å². The lowest BCUT2D eigenvalue weighted by molar-refractivity contribution is -0.132. The number of carbonyl (C=O) groups is 1. The van der Waals surface area contributed by atoms with Gasteiger partial charge in [-0.05, 0) is 44.0 Å². The second-order valence-electron chi connectivity index (χ2n) is 6.78. The zero-order valence-corrected chi connectivity index (χ0v) is 15.6. The number of ether oxygens (including phenoxy) is 1. The van der Waals surface area contributed by atoms with Crippen molar-refractivity contribution in [2.75, 3.05) is 39.8 Å². The van der Waals surface area contributed by atoms with Crippen molar-refractivity contribution >= 4 is 5.91 Å². The third-order valence-corrected chi connectivity index (χ3v) is 4.81. The predicted molar refractivity (Wildman–Crippen MR) is 99.3 cm³/mol. The molecule has 0 unspecified atom stereocenters. The van der Waals surface area contributed by atoms with Gasteiger partial charge in [0.2, 0.25) is 5.91 Å². The van der Waals surface area contributed by atoms with Gasteiger partial charge in [-0.25, -0.2) is 0 Å². The molecule has 0 aliphatic carbocycles. The quantitative estimate of drug-likeness (QED) is 0.761. The van der Waals surface area contributed by atoms with E-state index in [0.29, 0.717) is 12.1 Å². The van der Waals surface area contributed by atoms with E-state index in [4.69, 9.17) is 9.26 Å². The first kappa shape index (κ1) is 18.5. The van der Waals surface area contributed by atoms with Gasteiger partial charge in [-0.15, -0.1) is 0 Å². The molecule has 6 heteroatoms. The van der Waals surface area contributed by atoms with E-state index in [1.54, 1.807) is 7.11 Å². The third-order valence-electron chi connectivity index (χ3n) is 4.81. The second-order valence-corrected chi connectivity index (χ2v) is 6.78. The van der Waals surface area contributed by atoms with Crippen LogP contribution in [0.25, 0.3) is 0 Å². The molecule has 3 rings (SSSR count). The Morgan fingerprint density at radius 3 is 2.73 bits per heavy atom. The van der Waals surface area contributed by atoms with Crippen molar-refractivity contribution in [1.82, 2.24) is 15.0 Å². The van der Waals surface area contributed by atoms with Crippen LogP contribution in [0.1, 0.15) is 23.4 Å². The maximum atomic E-state index is 12.4. The number of hydrogen-bond acceptors (Lipinski definition) is 5. The van der Waals surface area contributed by atoms with Gasteiger partial charge in [0.05, 0.1) is 19.2 Å². The van der Waals surface area contributed by atoms with E-state index >= 15 is 0 Å². The van der Waals surface area contributed by atoms with E-state index in [9.17, 15) is 4.79 Å². The minimum atomic E-state index is 0.134. The van der Waals surface area contributed by atoms with Gasteiger partial charge >= 0.3 is 0 Å². The van der Waals surface area contributed by atoms with Crippen molar-refractivity contribution in [3.8, 4) is 5.75 Å². The van der Waals surface area contributed by atoms with Gasteiger partial charge in [0.25, 0.3) is 0 Å². The monoisotopic (exact) mass is 357 g/mol. The van der Waals surface area contributed by atoms with Crippen molar-refractivity contribution in [2.24, 2.45) is 0 Å². The van der Waals surface area contributed by atoms with E-state index < -0.39 is 0 Å². The van der Waals surface area contributed by atoms with Crippen molar-refractivity contribution < 1.29 is 14.1 Å². The smallest absolute Gasteiger partial charge is 0.228 e. The standard InChI is InChI=1S/C20H27N3O3/c1-16-13-18(21-26-16)15-20(24)23-11-9-22(10-12-23)8-4-6-17-5-3-7-19(14-17)25-2/h3,5,7,13-14H,4,6,8-12,15H2,1-2H3. The number of aryl methyl sites for hydroxylation is 2. The van der Waals surface area contributed by atoms with Crippen LogP contribution in [0.4, 0.5) is 0 Å². The van der Waals surface area contributed by atoms with Crippen LogP contribution in [0.3, 0.4) is 0 Å². The molecule has 2 heterocycles. The van der Waals surface area contributed by atoms with Crippen LogP contribution in [0.15, 0.2) is 34.9 Å². The molecule has 1 aromatic heterocycles. The lowest BCUT2D eigenvalue weighted by Gasteiger charge is -2.34. The highest BCUT2D eigenvalue weighted by atomic mass is 16.5. The van der Waals surface area contributed by atoms with Crippen LogP contribution in [-0.2, 0) is 17.6 Å². The molecule has 0 radical (unpaired) electrons. The van der Waals surface area contributed by atoms with Crippen molar-refractivity contribution in [3.63, 3.8) is 0 Å². The molecule has 0 saturated carbocycles. The van der Waals surface area contributed by atoms with E-state index in [1.807, 2.05) is 30.0 Å². The maximum absolute atomic E-state index is 12.4. The van der Waals surface area contributed by atoms with Gasteiger partial charge in [-0.1, -0.05) is 17.3 Å². The lowest BCUT2D eigenvalue weighted by Crippen LogP contribution is -2.49. The molecular weight excluding hydrogens is 330 g/mol. The fourth-order valence-corrected chi connectivity index (χ4v) is 3.32. The predicted octanol–water partition coefficient (Wildman–Crippen LogP) is 2.31. The molecule has 6 nitrogen and oxygen atoms in total. The molecule has 1 aliphatic rings. The Bertz CT molecular complexity index is 721. The summed E-state index contributed by atoms with van der Waals surface area (Å²) in [6, 6.07) is 10.1. The largest absolute Gasteiger partial charge is 0.497 e. The summed E-state index contributed by atoms with van der Waals surface area (Å²) in [5.41, 5.74) is 2.02. The van der Waals surface area contributed by atoms with Crippen LogP contribution < -0.4 is 4.74 Å². The molecule has 140 valence electrons. The molecule has 1 fully saturated rings. The zero-order valence-electron chi connectivity index (χ0n) is 15.6. The Kier molecular flexibility index (Phi) is 6.28. The average Bonchev–Trinajstić information content (AvgIpc) is 3.07. The zero-order chi connectivity index (χ0) is 18.4. The second kappa shape index (κ2) is 8.85. The molecule has 0 bridgehead atoms. The van der Waals surface area contributed by atoms with E-state index in [2.05, 4.69) is 22.2 Å². The number of aromatic nitrogens is 1. The Morgan fingerprint density at radius 2 is 2.04 bits per heavy atom. The number of nitrogens with zero attached hydrogens (tertiary/aromatic N) is 3. The Hall–Kier alpha value is -2.34. The number of carbonyl (C=O) groups excluding carboxylic acids is 1. The topological polar surface area (TPSA) is 58.8 Å². The molecule has 0 spiro atoms. The summed E-state index contributed by atoms with van der Waals surface area (Å²) in [5.74, 6) is 1.79. The van der Waals surface area contributed by atoms with Gasteiger partial charge < -0.3 is 14.2 Å². The molecule has 0 atom stereocenters. The summed E-state index contributed by atoms with van der Waals surface area (Å²) in [4.78, 5) is 16.7. The molecule has 26 heavy (non-hydrogen) atoms. The van der Waals surface area contributed by atoms with Crippen LogP contribution in [0.2, 0.25) is 0 Å². The average molecular weight is 357 g/mol. The highest BCUT2D eigenvalue weighted by Gasteiger charge is 2.21. The van der Waals surface area contributed by atoms with E-state index in [1.165, 1.54) is 5.56 Å². The SMILES string of the molecule is COc1cccc(CCCN2CCN(C(=O)Cc3cc(C)on3)CC2)c1. The molecule has 2 aromatic rings. The van der Waals surface area contributed by atoms with E-state index in [-0.39, 0.29) is 5.91 Å². The van der Waals surface area contributed by atoms with Crippen molar-refractivity contribution in [3.05, 3.63) is 47.3 Å². The molecule has 0 N–H and O–H groups in total. The number of rotatable bonds is 7. The van der Waals surface area contributed by atoms with Crippen LogP contribution in [-0.4, -0.2) is 60.7 Å². The van der Waals surface area contributed by atoms with Gasteiger partial charge in [-0.3, -0.25) is 9.69 Å². The van der Waals surface area contributed by atoms with Gasteiger partial charge in [-0.2, -0.15) is 0 Å². The molecule has 1 saturated heterocycles. The summed E-state index contributed by atoms with van der Waals surface area (Å²) < 4.78 is 10.3. The minimum Gasteiger partial charge on any atom is -0.497 e. The number of piperazine rings is 1. The summed E-state index contributed by atoms with van der Waals surface area (Å²) in [7, 11) is 1.70. The minimum absolute atomic E-state index is 0.134. The molecule has 1 amide bonds. The summed E-state index contributed by atoms with van der Waals surface area (Å²) in [6.07, 6.45) is 2.48. The first-order valence-corrected chi connectivity index (χ1v) is 9.19. The molecular formula is C20H27N3O3. The summed E-state index contributed by atoms with van der Waals surface area (Å²) >= 11 is 0. The fraction of sp³-hybridized carbons (Fsp3) is 0.500. The number of benzene rings is 1. The molecule has 1 aromatic carbocycles. The summed E-state index contributed by atoms with van der Waals surface area (Å²) in [5, 5.41) is 3.91. The summed E-state index contributed by atoms with van der Waals surface area (Å²) in [6.45, 7) is 6.33. The number of amides is 1. The van der Waals surface area contributed by atoms with Gasteiger partial charge in [0.15, 0.2) is 0 Å². The van der Waals surface area contributed by atoms with Gasteiger partial charge in [0, 0.05) is 32.2 Å². The highest BCUT2D eigenvalue weighted by Crippen LogP contribution is 2.14. The first-order chi connectivity index (χ1) is 12.6. The van der Waals surface area contributed by atoms with Gasteiger partial charge in [0.1, 0.15) is 11.5 Å². The van der Waals surface area contributed by atoms with Crippen molar-refractivity contribution in [1.29, 1.82) is 0 Å². The maximum Gasteiger partial charge on any atom is 0.228 e. The van der Waals surface area contributed by atoms with Crippen LogP contribution in [0.5, 0.6) is 5.75 Å². The highest BCUT2D eigenvalue weighted by molar-refractivity contribution is 5.78. The lowest BCUT2D eigenvalue weighted by atomic mass is 10.1. The van der Waals surface area contributed by atoms with E-state index in [0.717, 1.165) is 57.1 Å².